The normalized spacial score (nSPS) is 23.1. The molecule has 1 fully saturated rings. The van der Waals surface area contributed by atoms with Gasteiger partial charge in [0.25, 0.3) is 0 Å². The summed E-state index contributed by atoms with van der Waals surface area (Å²) in [5.41, 5.74) is 0.447. The van der Waals surface area contributed by atoms with Gasteiger partial charge in [0.05, 0.1) is 17.0 Å². The number of rotatable bonds is 6. The molecule has 7 heteroatoms. The van der Waals surface area contributed by atoms with Gasteiger partial charge in [0, 0.05) is 31.1 Å². The molecule has 0 aromatic carbocycles. The number of hydrogen-bond donors (Lipinski definition) is 2. The average molecular weight is 315 g/mol. The Morgan fingerprint density at radius 2 is 2.19 bits per heavy atom. The van der Waals surface area contributed by atoms with Gasteiger partial charge in [0.15, 0.2) is 0 Å². The molecule has 6 nitrogen and oxygen atoms in total. The summed E-state index contributed by atoms with van der Waals surface area (Å²) in [5, 5.41) is 3.07. The molecule has 1 aliphatic heterocycles. The average Bonchev–Trinajstić information content (AvgIpc) is 2.96. The molecule has 1 aromatic rings. The first-order valence-corrected chi connectivity index (χ1v) is 8.73. The predicted octanol–water partition coefficient (Wildman–Crippen LogP) is 1.25. The molecule has 0 spiro atoms. The van der Waals surface area contributed by atoms with Crippen LogP contribution in [-0.2, 0) is 21.3 Å². The second-order valence-corrected chi connectivity index (χ2v) is 7.85. The topological polar surface area (TPSA) is 72.4 Å². The number of hydrogen-bond acceptors (Lipinski definition) is 4. The van der Waals surface area contributed by atoms with Crippen molar-refractivity contribution in [3.63, 3.8) is 0 Å². The molecule has 2 rings (SSSR count). The van der Waals surface area contributed by atoms with E-state index in [9.17, 15) is 8.42 Å². The first kappa shape index (κ1) is 16.5. The smallest absolute Gasteiger partial charge is 0.242 e. The van der Waals surface area contributed by atoms with E-state index in [0.29, 0.717) is 31.1 Å². The molecule has 21 heavy (non-hydrogen) atoms. The van der Waals surface area contributed by atoms with E-state index in [-0.39, 0.29) is 6.04 Å². The van der Waals surface area contributed by atoms with E-state index in [2.05, 4.69) is 10.0 Å². The molecule has 2 N–H and O–H groups in total. The van der Waals surface area contributed by atoms with Crippen LogP contribution in [0, 0.1) is 0 Å². The van der Waals surface area contributed by atoms with Crippen LogP contribution in [-0.4, -0.2) is 38.8 Å². The first-order chi connectivity index (χ1) is 9.77. The molecule has 0 saturated carbocycles. The molecular formula is C14H25N3O3S. The van der Waals surface area contributed by atoms with E-state index in [0.717, 1.165) is 5.69 Å². The highest BCUT2D eigenvalue weighted by atomic mass is 32.2. The van der Waals surface area contributed by atoms with Crippen LogP contribution < -0.4 is 10.0 Å². The highest BCUT2D eigenvalue weighted by Crippen LogP contribution is 2.24. The maximum absolute atomic E-state index is 12.6. The summed E-state index contributed by atoms with van der Waals surface area (Å²) >= 11 is 0. The molecule has 1 saturated heterocycles. The Kier molecular flexibility index (Phi) is 4.77. The Labute approximate surface area is 126 Å². The highest BCUT2D eigenvalue weighted by Gasteiger charge is 2.35. The second-order valence-electron chi connectivity index (χ2n) is 6.17. The first-order valence-electron chi connectivity index (χ1n) is 7.24. The van der Waals surface area contributed by atoms with Crippen molar-refractivity contribution in [2.45, 2.75) is 50.2 Å². The lowest BCUT2D eigenvalue weighted by molar-refractivity contribution is 0.178. The zero-order valence-electron chi connectivity index (χ0n) is 13.1. The molecule has 1 unspecified atom stereocenters. The Morgan fingerprint density at radius 1 is 1.48 bits per heavy atom. The van der Waals surface area contributed by atoms with Gasteiger partial charge in [-0.1, -0.05) is 0 Å². The lowest BCUT2D eigenvalue weighted by Gasteiger charge is -2.22. The van der Waals surface area contributed by atoms with Gasteiger partial charge in [0.1, 0.15) is 0 Å². The van der Waals surface area contributed by atoms with E-state index < -0.39 is 15.6 Å². The minimum atomic E-state index is -3.53. The van der Waals surface area contributed by atoms with Crippen LogP contribution in [0.15, 0.2) is 17.2 Å². The van der Waals surface area contributed by atoms with E-state index >= 15 is 0 Å². The largest absolute Gasteiger partial charge is 0.379 e. The van der Waals surface area contributed by atoms with Crippen LogP contribution >= 0.6 is 0 Å². The van der Waals surface area contributed by atoms with Crippen LogP contribution in [0.2, 0.25) is 0 Å². The van der Waals surface area contributed by atoms with Gasteiger partial charge < -0.3 is 14.6 Å². The van der Waals surface area contributed by atoms with Gasteiger partial charge in [-0.25, -0.2) is 13.1 Å². The van der Waals surface area contributed by atoms with Crippen molar-refractivity contribution < 1.29 is 13.2 Å². The summed E-state index contributed by atoms with van der Waals surface area (Å²) in [4.78, 5) is 0.314. The summed E-state index contributed by atoms with van der Waals surface area (Å²) in [6.45, 7) is 7.60. The number of aromatic nitrogens is 1. The monoisotopic (exact) mass is 315 g/mol. The van der Waals surface area contributed by atoms with Gasteiger partial charge in [-0.2, -0.15) is 0 Å². The summed E-state index contributed by atoms with van der Waals surface area (Å²) in [6.07, 6.45) is 2.40. The number of ether oxygens (including phenoxy) is 1. The van der Waals surface area contributed by atoms with Crippen LogP contribution in [0.3, 0.4) is 0 Å². The van der Waals surface area contributed by atoms with Crippen LogP contribution in [0.4, 0.5) is 0 Å². The maximum atomic E-state index is 12.6. The molecule has 0 bridgehead atoms. The molecule has 1 aromatic heterocycles. The summed E-state index contributed by atoms with van der Waals surface area (Å²) in [5.74, 6) is 0. The minimum absolute atomic E-state index is 0.211. The van der Waals surface area contributed by atoms with Crippen molar-refractivity contribution in [2.75, 3.05) is 20.3 Å². The molecule has 0 radical (unpaired) electrons. The summed E-state index contributed by atoms with van der Waals surface area (Å²) in [7, 11) is -1.69. The number of nitrogens with zero attached hydrogens (tertiary/aromatic N) is 1. The van der Waals surface area contributed by atoms with E-state index in [1.165, 1.54) is 0 Å². The Hall–Kier alpha value is -0.890. The fraction of sp³-hybridized carbons (Fsp3) is 0.714. The molecule has 1 aliphatic rings. The standard InChI is InChI=1S/C14H25N3O3S/c1-11(2)17-9-13(7-12(17)8-15-4)21(18,19)16-14(3)5-6-20-10-14/h7,9,11,15-16H,5-6,8,10H2,1-4H3. The molecule has 1 atom stereocenters. The third kappa shape index (κ3) is 3.66. The molecule has 0 aliphatic carbocycles. The van der Waals surface area contributed by atoms with Gasteiger partial charge >= 0.3 is 0 Å². The summed E-state index contributed by atoms with van der Waals surface area (Å²) < 4.78 is 35.2. The highest BCUT2D eigenvalue weighted by molar-refractivity contribution is 7.89. The third-order valence-electron chi connectivity index (χ3n) is 3.73. The fourth-order valence-electron chi connectivity index (χ4n) is 2.58. The lowest BCUT2D eigenvalue weighted by atomic mass is 10.0. The van der Waals surface area contributed by atoms with Crippen molar-refractivity contribution in [1.82, 2.24) is 14.6 Å². The number of sulfonamides is 1. The molecule has 120 valence electrons. The zero-order chi connectivity index (χ0) is 15.7. The quantitative estimate of drug-likeness (QED) is 0.828. The van der Waals surface area contributed by atoms with E-state index in [1.54, 1.807) is 12.3 Å². The van der Waals surface area contributed by atoms with Gasteiger partial charge in [-0.15, -0.1) is 0 Å². The lowest BCUT2D eigenvalue weighted by Crippen LogP contribution is -2.46. The second kappa shape index (κ2) is 6.08. The Balaban J connectivity index is 2.29. The number of nitrogens with one attached hydrogen (secondary N) is 2. The third-order valence-corrected chi connectivity index (χ3v) is 5.34. The Bertz CT molecular complexity index is 587. The van der Waals surface area contributed by atoms with Crippen molar-refractivity contribution >= 4 is 10.0 Å². The van der Waals surface area contributed by atoms with E-state index in [1.807, 2.05) is 32.4 Å². The van der Waals surface area contributed by atoms with Crippen LogP contribution in [0.1, 0.15) is 38.9 Å². The minimum Gasteiger partial charge on any atom is -0.379 e. The molecule has 2 heterocycles. The van der Waals surface area contributed by atoms with Gasteiger partial charge in [-0.05, 0) is 40.3 Å². The zero-order valence-corrected chi connectivity index (χ0v) is 14.0. The van der Waals surface area contributed by atoms with Crippen molar-refractivity contribution in [3.05, 3.63) is 18.0 Å². The van der Waals surface area contributed by atoms with Gasteiger partial charge in [0.2, 0.25) is 10.0 Å². The molecular weight excluding hydrogens is 290 g/mol. The maximum Gasteiger partial charge on any atom is 0.242 e. The summed E-state index contributed by atoms with van der Waals surface area (Å²) in [6, 6.07) is 1.94. The van der Waals surface area contributed by atoms with Crippen LogP contribution in [0.5, 0.6) is 0 Å². The molecule has 0 amide bonds. The Morgan fingerprint density at radius 3 is 2.71 bits per heavy atom. The van der Waals surface area contributed by atoms with Crippen molar-refractivity contribution in [1.29, 1.82) is 0 Å². The van der Waals surface area contributed by atoms with E-state index in [4.69, 9.17) is 4.74 Å². The SMILES string of the molecule is CNCc1cc(S(=O)(=O)NC2(C)CCOC2)cn1C(C)C. The van der Waals surface area contributed by atoms with Crippen LogP contribution in [0.25, 0.3) is 0 Å². The van der Waals surface area contributed by atoms with Crippen molar-refractivity contribution in [3.8, 4) is 0 Å². The van der Waals surface area contributed by atoms with Gasteiger partial charge in [-0.3, -0.25) is 0 Å². The van der Waals surface area contributed by atoms with Crippen molar-refractivity contribution in [2.24, 2.45) is 0 Å². The predicted molar refractivity (Wildman–Crippen MR) is 81.7 cm³/mol. The fourth-order valence-corrected chi connectivity index (χ4v) is 4.05.